The van der Waals surface area contributed by atoms with E-state index < -0.39 is 0 Å². The Morgan fingerprint density at radius 3 is 1.75 bits per heavy atom. The van der Waals surface area contributed by atoms with Gasteiger partial charge in [0.15, 0.2) is 0 Å². The molecule has 0 aromatic heterocycles. The molecule has 0 heterocycles. The summed E-state index contributed by atoms with van der Waals surface area (Å²) in [5, 5.41) is 0. The molecule has 0 aliphatic carbocycles. The van der Waals surface area contributed by atoms with Gasteiger partial charge in [0, 0.05) is 18.6 Å². The molecule has 0 aliphatic heterocycles. The normalized spacial score (nSPS) is 4.50. The predicted octanol–water partition coefficient (Wildman–Crippen LogP) is 0.422. The molecule has 0 unspecified atom stereocenters. The summed E-state index contributed by atoms with van der Waals surface area (Å²) in [7, 11) is 4.50. The van der Waals surface area contributed by atoms with Crippen molar-refractivity contribution in [3.8, 4) is 0 Å². The van der Waals surface area contributed by atoms with Crippen molar-refractivity contribution in [1.29, 1.82) is 0 Å². The van der Waals surface area contributed by atoms with Crippen molar-refractivity contribution < 1.29 is 23.3 Å². The van der Waals surface area contributed by atoms with Gasteiger partial charge in [-0.25, -0.2) is 7.11 Å². The molecule has 0 saturated carbocycles. The quantitative estimate of drug-likeness (QED) is 0.397. The van der Waals surface area contributed by atoms with E-state index >= 15 is 0 Å². The molecule has 0 bridgehead atoms. The Kier molecular flexibility index (Phi) is 21.2. The Morgan fingerprint density at radius 1 is 1.75 bits per heavy atom. The number of methoxy groups -OCH3 is 1. The van der Waals surface area contributed by atoms with Crippen LogP contribution in [0.4, 0.5) is 0 Å². The minimum absolute atomic E-state index is 0. The third-order valence-corrected chi connectivity index (χ3v) is 0. The number of hydrogen-bond donors (Lipinski definition) is 0. The summed E-state index contributed by atoms with van der Waals surface area (Å²) in [4.78, 5) is 0. The minimum Gasteiger partial charge on any atom is -0.557 e. The molecule has 25 valence electrons. The van der Waals surface area contributed by atoms with E-state index in [0.29, 0.717) is 0 Å². The Morgan fingerprint density at radius 2 is 1.75 bits per heavy atom. The van der Waals surface area contributed by atoms with Crippen molar-refractivity contribution in [2.75, 3.05) is 7.11 Å². The summed E-state index contributed by atoms with van der Waals surface area (Å²) < 4.78 is 4.00. The van der Waals surface area contributed by atoms with Crippen molar-refractivity contribution in [3.63, 3.8) is 0 Å². The fraction of sp³-hybridized carbons (Fsp3) is 0.500. The van der Waals surface area contributed by atoms with Crippen LogP contribution in [0.2, 0.25) is 0 Å². The van der Waals surface area contributed by atoms with Gasteiger partial charge in [-0.05, 0) is 7.11 Å². The third kappa shape index (κ3) is 20.5. The molecule has 0 rings (SSSR count). The summed E-state index contributed by atoms with van der Waals surface area (Å²) in [5.41, 5.74) is 0. The molecule has 0 fully saturated rings. The maximum Gasteiger partial charge on any atom is 0 e. The van der Waals surface area contributed by atoms with Gasteiger partial charge in [-0.15, -0.1) is 0 Å². The van der Waals surface area contributed by atoms with Crippen LogP contribution in [0.3, 0.4) is 0 Å². The van der Waals surface area contributed by atoms with Crippen LogP contribution in [-0.4, -0.2) is 7.11 Å². The Bertz CT molecular complexity index is 6.00. The predicted molar refractivity (Wildman–Crippen MR) is 12.4 cm³/mol. The Labute approximate surface area is 38.2 Å². The summed E-state index contributed by atoms with van der Waals surface area (Å²) in [6.07, 6.45) is 0. The topological polar surface area (TPSA) is 9.23 Å². The van der Waals surface area contributed by atoms with Gasteiger partial charge in [0.1, 0.15) is 0 Å². The van der Waals surface area contributed by atoms with Gasteiger partial charge in [-0.2, -0.15) is 0 Å². The molecule has 0 aromatic carbocycles. The van der Waals surface area contributed by atoms with Crippen LogP contribution in [0.15, 0.2) is 0 Å². The number of ether oxygens (including phenoxy) is 1. The molecule has 4 heavy (non-hydrogen) atoms. The van der Waals surface area contributed by atoms with Gasteiger partial charge in [0.05, 0.1) is 0 Å². The summed E-state index contributed by atoms with van der Waals surface area (Å²) in [6, 6.07) is 0. The molecule has 0 saturated heterocycles. The fourth-order valence-electron chi connectivity index (χ4n) is 0. The van der Waals surface area contributed by atoms with Gasteiger partial charge in [0.25, 0.3) is 0 Å². The first kappa shape index (κ1) is 8.82. The van der Waals surface area contributed by atoms with Crippen LogP contribution in [0.25, 0.3) is 0 Å². The molecular formula is C2H5OV-. The average molecular weight is 96.0 g/mol. The van der Waals surface area contributed by atoms with E-state index in [1.165, 1.54) is 7.11 Å². The van der Waals surface area contributed by atoms with Crippen LogP contribution in [0, 0.1) is 7.11 Å². The Balaban J connectivity index is 0. The minimum atomic E-state index is 0. The van der Waals surface area contributed by atoms with E-state index in [-0.39, 0.29) is 18.6 Å². The first-order chi connectivity index (χ1) is 1.41. The van der Waals surface area contributed by atoms with Crippen molar-refractivity contribution in [2.45, 2.75) is 0 Å². The molecule has 1 radical (unpaired) electrons. The smallest absolute Gasteiger partial charge is 0 e. The average Bonchev–Trinajstić information content (AvgIpc) is 0.918. The SMILES string of the molecule is [CH2-]OC.[V]. The van der Waals surface area contributed by atoms with E-state index in [0.717, 1.165) is 0 Å². The summed E-state index contributed by atoms with van der Waals surface area (Å²) in [5.74, 6) is 0. The molecule has 0 amide bonds. The van der Waals surface area contributed by atoms with Crippen LogP contribution in [-0.2, 0) is 23.3 Å². The monoisotopic (exact) mass is 96.0 g/mol. The molecule has 0 atom stereocenters. The number of hydrogen-bond acceptors (Lipinski definition) is 1. The van der Waals surface area contributed by atoms with Crippen LogP contribution >= 0.6 is 0 Å². The van der Waals surface area contributed by atoms with Gasteiger partial charge >= 0.3 is 0 Å². The molecule has 0 aromatic rings. The number of rotatable bonds is 0. The zero-order chi connectivity index (χ0) is 2.71. The van der Waals surface area contributed by atoms with Gasteiger partial charge in [0.2, 0.25) is 0 Å². The van der Waals surface area contributed by atoms with E-state index in [1.54, 1.807) is 0 Å². The molecule has 0 N–H and O–H groups in total. The fourth-order valence-corrected chi connectivity index (χ4v) is 0. The first-order valence-corrected chi connectivity index (χ1v) is 0.697. The standard InChI is InChI=1S/C2H5O.V/c1-3-2;/h1H2,2H3;/q-1;. The molecule has 2 heteroatoms. The van der Waals surface area contributed by atoms with Crippen molar-refractivity contribution >= 4 is 0 Å². The maximum absolute atomic E-state index is 4.00. The summed E-state index contributed by atoms with van der Waals surface area (Å²) >= 11 is 0. The maximum atomic E-state index is 4.00. The zero-order valence-corrected chi connectivity index (χ0v) is 3.96. The van der Waals surface area contributed by atoms with Gasteiger partial charge < -0.3 is 4.74 Å². The van der Waals surface area contributed by atoms with Crippen LogP contribution in [0.1, 0.15) is 0 Å². The van der Waals surface area contributed by atoms with Crippen molar-refractivity contribution in [1.82, 2.24) is 0 Å². The third-order valence-electron chi connectivity index (χ3n) is 0. The molecule has 1 nitrogen and oxygen atoms in total. The second-order valence-corrected chi connectivity index (χ2v) is 0.289. The van der Waals surface area contributed by atoms with Crippen LogP contribution < -0.4 is 0 Å². The Hall–Kier alpha value is 0.544. The first-order valence-electron chi connectivity index (χ1n) is 0.697. The van der Waals surface area contributed by atoms with E-state index in [2.05, 4.69) is 11.8 Å². The largest absolute Gasteiger partial charge is 0.557 e. The second-order valence-electron chi connectivity index (χ2n) is 0.289. The van der Waals surface area contributed by atoms with E-state index in [9.17, 15) is 0 Å². The van der Waals surface area contributed by atoms with Crippen molar-refractivity contribution in [2.24, 2.45) is 0 Å². The molecule has 0 spiro atoms. The van der Waals surface area contributed by atoms with Gasteiger partial charge in [-0.3, -0.25) is 0 Å². The molecular weight excluding hydrogens is 91.0 g/mol. The van der Waals surface area contributed by atoms with E-state index in [4.69, 9.17) is 0 Å². The van der Waals surface area contributed by atoms with Gasteiger partial charge in [-0.1, -0.05) is 0 Å². The van der Waals surface area contributed by atoms with Crippen LogP contribution in [0.5, 0.6) is 0 Å². The van der Waals surface area contributed by atoms with E-state index in [1.807, 2.05) is 0 Å². The second kappa shape index (κ2) is 9.62. The zero-order valence-electron chi connectivity index (χ0n) is 2.56. The summed E-state index contributed by atoms with van der Waals surface area (Å²) in [6.45, 7) is 0. The van der Waals surface area contributed by atoms with Crippen molar-refractivity contribution in [3.05, 3.63) is 7.11 Å². The molecule has 0 aliphatic rings.